The molecule has 0 spiro atoms. The number of nitrogens with one attached hydrogen (secondary N) is 1. The number of nitrogens with zero attached hydrogens (tertiary/aromatic N) is 4. The van der Waals surface area contributed by atoms with Gasteiger partial charge in [0.2, 0.25) is 0 Å². The highest BCUT2D eigenvalue weighted by Crippen LogP contribution is 2.40. The van der Waals surface area contributed by atoms with Gasteiger partial charge in [-0.05, 0) is 27.0 Å². The quantitative estimate of drug-likeness (QED) is 0.707. The van der Waals surface area contributed by atoms with Crippen molar-refractivity contribution in [3.63, 3.8) is 0 Å². The normalized spacial score (nSPS) is 29.6. The number of rotatable bonds is 2. The van der Waals surface area contributed by atoms with Gasteiger partial charge in [0.05, 0.1) is 17.6 Å². The first kappa shape index (κ1) is 22.7. The van der Waals surface area contributed by atoms with E-state index in [2.05, 4.69) is 36.1 Å². The van der Waals surface area contributed by atoms with Crippen LogP contribution in [0.3, 0.4) is 0 Å². The maximum absolute atomic E-state index is 14.9. The fourth-order valence-electron chi connectivity index (χ4n) is 5.24. The third-order valence-corrected chi connectivity index (χ3v) is 7.93. The zero-order valence-electron chi connectivity index (χ0n) is 19.4. The van der Waals surface area contributed by atoms with Gasteiger partial charge in [-0.25, -0.2) is 9.40 Å². The third-order valence-electron chi connectivity index (χ3n) is 7.53. The lowest BCUT2D eigenvalue weighted by Gasteiger charge is -2.50. The molecule has 1 aromatic rings. The van der Waals surface area contributed by atoms with Crippen molar-refractivity contribution in [3.05, 3.63) is 52.1 Å². The molecule has 178 valence electrons. The number of likely N-dealkylation sites (N-methyl/N-ethyl adjacent to an activating group) is 1. The van der Waals surface area contributed by atoms with Crippen molar-refractivity contribution in [2.45, 2.75) is 32.0 Å². The molecule has 0 aromatic heterocycles. The zero-order chi connectivity index (χ0) is 23.3. The van der Waals surface area contributed by atoms with E-state index in [1.54, 1.807) is 18.2 Å². The molecule has 7 nitrogen and oxygen atoms in total. The van der Waals surface area contributed by atoms with Gasteiger partial charge < -0.3 is 19.9 Å². The largest absolute Gasteiger partial charge is 0.487 e. The Kier molecular flexibility index (Phi) is 6.11. The molecule has 4 aliphatic heterocycles. The van der Waals surface area contributed by atoms with Crippen molar-refractivity contribution in [1.82, 2.24) is 25.1 Å². The van der Waals surface area contributed by atoms with Crippen LogP contribution in [-0.4, -0.2) is 96.8 Å². The number of fused-ring (bicyclic) bond motifs is 1. The van der Waals surface area contributed by atoms with Crippen LogP contribution in [0.1, 0.15) is 19.4 Å². The number of allylic oxidation sites excluding steroid dienone is 1. The van der Waals surface area contributed by atoms with E-state index in [4.69, 9.17) is 16.3 Å². The lowest BCUT2D eigenvalue weighted by molar-refractivity contribution is -0.138. The van der Waals surface area contributed by atoms with Crippen LogP contribution < -0.4 is 5.32 Å². The standard InChI is InChI=1S/C24H31ClFN5O2/c1-15-16(2)30(11-10-28(15)3)31-13-19(18-6-4-5-7-20(18)26)21(25)23-22(31)24(32)29-9-8-27-12-17(29)14-33-23/h4-7,15-17,27H,8-14H2,1-3H3/t15-,16-,17+/m0/s1. The number of halogens is 2. The Balaban J connectivity index is 1.63. The number of ether oxygens (including phenoxy) is 1. The second-order valence-electron chi connectivity index (χ2n) is 9.30. The van der Waals surface area contributed by atoms with Gasteiger partial charge in [-0.3, -0.25) is 9.80 Å². The minimum atomic E-state index is -0.337. The summed E-state index contributed by atoms with van der Waals surface area (Å²) in [5.74, 6) is -0.0473. The first-order chi connectivity index (χ1) is 15.9. The van der Waals surface area contributed by atoms with Gasteiger partial charge in [0.1, 0.15) is 12.4 Å². The van der Waals surface area contributed by atoms with Crippen molar-refractivity contribution in [1.29, 1.82) is 0 Å². The van der Waals surface area contributed by atoms with Crippen LogP contribution in [0.4, 0.5) is 4.39 Å². The number of piperazine rings is 2. The molecular weight excluding hydrogens is 445 g/mol. The Morgan fingerprint density at radius 1 is 1.15 bits per heavy atom. The molecule has 0 bridgehead atoms. The summed E-state index contributed by atoms with van der Waals surface area (Å²) in [6, 6.07) is 7.00. The molecule has 0 saturated carbocycles. The van der Waals surface area contributed by atoms with E-state index in [1.807, 2.05) is 9.91 Å². The molecule has 1 aromatic carbocycles. The van der Waals surface area contributed by atoms with Crippen LogP contribution in [0.25, 0.3) is 5.57 Å². The molecule has 2 fully saturated rings. The Morgan fingerprint density at radius 3 is 2.73 bits per heavy atom. The van der Waals surface area contributed by atoms with Crippen LogP contribution in [0.15, 0.2) is 40.8 Å². The van der Waals surface area contributed by atoms with E-state index in [9.17, 15) is 9.18 Å². The number of amides is 1. The van der Waals surface area contributed by atoms with Gasteiger partial charge in [-0.1, -0.05) is 29.8 Å². The maximum Gasteiger partial charge on any atom is 0.275 e. The van der Waals surface area contributed by atoms with Crippen LogP contribution >= 0.6 is 11.6 Å². The number of benzene rings is 1. The number of carbonyl (C=O) groups excluding carboxylic acids is 1. The molecule has 1 N–H and O–H groups in total. The SMILES string of the molecule is C[C@H]1[C@H](C)N(N2CC(c3ccccc3F)=C(Cl)C3=C2C(=O)N2CCNC[C@@H]2CO3)CCN1C. The highest BCUT2D eigenvalue weighted by molar-refractivity contribution is 6.35. The summed E-state index contributed by atoms with van der Waals surface area (Å²) in [6.45, 7) is 8.67. The van der Waals surface area contributed by atoms with Crippen molar-refractivity contribution in [2.75, 3.05) is 52.9 Å². The lowest BCUT2D eigenvalue weighted by atomic mass is 9.99. The van der Waals surface area contributed by atoms with Gasteiger partial charge in [-0.15, -0.1) is 0 Å². The van der Waals surface area contributed by atoms with Crippen molar-refractivity contribution < 1.29 is 13.9 Å². The summed E-state index contributed by atoms with van der Waals surface area (Å²) < 4.78 is 21.1. The Hall–Kier alpha value is -2.13. The van der Waals surface area contributed by atoms with Crippen LogP contribution in [0.5, 0.6) is 0 Å². The lowest BCUT2D eigenvalue weighted by Crippen LogP contribution is -2.63. The highest BCUT2D eigenvalue weighted by atomic mass is 35.5. The molecule has 33 heavy (non-hydrogen) atoms. The van der Waals surface area contributed by atoms with Gasteiger partial charge in [0.25, 0.3) is 5.91 Å². The minimum Gasteiger partial charge on any atom is -0.487 e. The van der Waals surface area contributed by atoms with E-state index < -0.39 is 0 Å². The predicted octanol–water partition coefficient (Wildman–Crippen LogP) is 2.07. The third kappa shape index (κ3) is 3.83. The van der Waals surface area contributed by atoms with E-state index in [-0.39, 0.29) is 29.8 Å². The van der Waals surface area contributed by atoms with Crippen LogP contribution in [-0.2, 0) is 9.53 Å². The fraction of sp³-hybridized carbons (Fsp3) is 0.542. The Bertz CT molecular complexity index is 1010. The van der Waals surface area contributed by atoms with Gasteiger partial charge in [-0.2, -0.15) is 0 Å². The van der Waals surface area contributed by atoms with Gasteiger partial charge in [0, 0.05) is 55.9 Å². The Labute approximate surface area is 199 Å². The summed E-state index contributed by atoms with van der Waals surface area (Å²) in [5, 5.41) is 7.90. The molecule has 1 amide bonds. The summed E-state index contributed by atoms with van der Waals surface area (Å²) in [7, 11) is 2.12. The monoisotopic (exact) mass is 475 g/mol. The molecule has 0 aliphatic carbocycles. The van der Waals surface area contributed by atoms with Gasteiger partial charge >= 0.3 is 0 Å². The van der Waals surface area contributed by atoms with Gasteiger partial charge in [0.15, 0.2) is 11.5 Å². The average Bonchev–Trinajstić information content (AvgIpc) is 2.96. The topological polar surface area (TPSA) is 51.3 Å². The second kappa shape index (κ2) is 8.91. The minimum absolute atomic E-state index is 0.0658. The molecule has 0 unspecified atom stereocenters. The first-order valence-corrected chi connectivity index (χ1v) is 12.0. The first-order valence-electron chi connectivity index (χ1n) is 11.7. The van der Waals surface area contributed by atoms with Crippen molar-refractivity contribution >= 4 is 23.1 Å². The molecule has 4 aliphatic rings. The maximum atomic E-state index is 14.9. The number of hydrogen-bond acceptors (Lipinski definition) is 6. The molecule has 2 saturated heterocycles. The van der Waals surface area contributed by atoms with Crippen LogP contribution in [0, 0.1) is 5.82 Å². The molecule has 5 rings (SSSR count). The smallest absolute Gasteiger partial charge is 0.275 e. The number of carbonyl (C=O) groups is 1. The Morgan fingerprint density at radius 2 is 1.94 bits per heavy atom. The average molecular weight is 476 g/mol. The summed E-state index contributed by atoms with van der Waals surface area (Å²) >= 11 is 6.88. The fourth-order valence-corrected chi connectivity index (χ4v) is 5.55. The van der Waals surface area contributed by atoms with Crippen LogP contribution in [0.2, 0.25) is 0 Å². The number of hydrazine groups is 1. The summed E-state index contributed by atoms with van der Waals surface area (Å²) in [4.78, 5) is 18.1. The number of hydrogen-bond donors (Lipinski definition) is 1. The predicted molar refractivity (Wildman–Crippen MR) is 125 cm³/mol. The summed E-state index contributed by atoms with van der Waals surface area (Å²) in [5.41, 5.74) is 1.54. The highest BCUT2D eigenvalue weighted by Gasteiger charge is 2.44. The van der Waals surface area contributed by atoms with E-state index >= 15 is 0 Å². The molecule has 3 atom stereocenters. The van der Waals surface area contributed by atoms with Crippen molar-refractivity contribution in [2.24, 2.45) is 0 Å². The van der Waals surface area contributed by atoms with Crippen molar-refractivity contribution in [3.8, 4) is 0 Å². The molecule has 0 radical (unpaired) electrons. The van der Waals surface area contributed by atoms with E-state index in [0.717, 1.165) is 19.6 Å². The molecular formula is C24H31ClFN5O2. The second-order valence-corrected chi connectivity index (χ2v) is 9.68. The summed E-state index contributed by atoms with van der Waals surface area (Å²) in [6.07, 6.45) is 0. The van der Waals surface area contributed by atoms with E-state index in [0.29, 0.717) is 53.9 Å². The zero-order valence-corrected chi connectivity index (χ0v) is 20.1. The van der Waals surface area contributed by atoms with E-state index in [1.165, 1.54) is 6.07 Å². The molecule has 4 heterocycles. The molecule has 9 heteroatoms.